The number of nitrogens with zero attached hydrogens (tertiary/aromatic N) is 1. The maximum Gasteiger partial charge on any atom is 0.337 e. The highest BCUT2D eigenvalue weighted by atomic mass is 35.5. The molecule has 1 aromatic carbocycles. The van der Waals surface area contributed by atoms with Gasteiger partial charge in [0.15, 0.2) is 0 Å². The van der Waals surface area contributed by atoms with Crippen molar-refractivity contribution in [2.45, 2.75) is 0 Å². The molecule has 1 heterocycles. The first-order chi connectivity index (χ1) is 9.49. The second-order valence-electron chi connectivity index (χ2n) is 3.78. The molecule has 5 nitrogen and oxygen atoms in total. The van der Waals surface area contributed by atoms with E-state index in [-0.39, 0.29) is 11.3 Å². The van der Waals surface area contributed by atoms with Gasteiger partial charge in [0.05, 0.1) is 16.3 Å². The number of aromatic carboxylic acids is 1. The zero-order valence-electron chi connectivity index (χ0n) is 9.93. The van der Waals surface area contributed by atoms with Crippen molar-refractivity contribution in [3.63, 3.8) is 0 Å². The molecule has 0 saturated carbocycles. The minimum absolute atomic E-state index is 0.00556. The molecule has 0 aliphatic heterocycles. The first-order valence-electron chi connectivity index (χ1n) is 5.44. The first-order valence-corrected chi connectivity index (χ1v) is 5.81. The predicted octanol–water partition coefficient (Wildman–Crippen LogP) is 2.82. The highest BCUT2D eigenvalue weighted by Gasteiger charge is 2.17. The van der Waals surface area contributed by atoms with E-state index in [1.165, 1.54) is 30.5 Å². The minimum Gasteiger partial charge on any atom is -0.478 e. The zero-order chi connectivity index (χ0) is 14.7. The molecule has 2 aromatic rings. The quantitative estimate of drug-likeness (QED) is 0.912. The van der Waals surface area contributed by atoms with Gasteiger partial charge in [-0.25, -0.2) is 14.2 Å². The van der Waals surface area contributed by atoms with Crippen LogP contribution in [0.2, 0.25) is 5.02 Å². The number of halogens is 2. The predicted molar refractivity (Wildman–Crippen MR) is 70.6 cm³/mol. The van der Waals surface area contributed by atoms with Gasteiger partial charge in [0.25, 0.3) is 5.91 Å². The largest absolute Gasteiger partial charge is 0.478 e. The first kappa shape index (κ1) is 14.0. The lowest BCUT2D eigenvalue weighted by molar-refractivity contribution is 0.0697. The summed E-state index contributed by atoms with van der Waals surface area (Å²) in [5, 5.41) is 11.5. The van der Waals surface area contributed by atoms with Gasteiger partial charge in [-0.2, -0.15) is 0 Å². The molecular formula is C13H8ClFN2O3. The fraction of sp³-hybridized carbons (Fsp3) is 0. The van der Waals surface area contributed by atoms with Crippen LogP contribution in [0.1, 0.15) is 20.8 Å². The number of carboxylic acid groups (broad SMARTS) is 1. The number of carbonyl (C=O) groups excluding carboxylic acids is 1. The summed E-state index contributed by atoms with van der Waals surface area (Å²) in [6.07, 6.45) is 1.26. The molecule has 0 aliphatic rings. The Morgan fingerprint density at radius 1 is 1.25 bits per heavy atom. The Hall–Kier alpha value is -2.47. The number of aromatic nitrogens is 1. The summed E-state index contributed by atoms with van der Waals surface area (Å²) in [4.78, 5) is 26.6. The Morgan fingerprint density at radius 2 is 2.00 bits per heavy atom. The van der Waals surface area contributed by atoms with Crippen LogP contribution in [0.25, 0.3) is 0 Å². The van der Waals surface area contributed by atoms with Gasteiger partial charge in [-0.1, -0.05) is 17.7 Å². The molecule has 7 heteroatoms. The number of anilines is 1. The number of hydrogen-bond donors (Lipinski definition) is 2. The average Bonchev–Trinajstić information content (AvgIpc) is 2.41. The molecule has 2 N–H and O–H groups in total. The molecule has 0 aliphatic carbocycles. The van der Waals surface area contributed by atoms with E-state index in [1.54, 1.807) is 0 Å². The maximum atomic E-state index is 13.6. The SMILES string of the molecule is O=C(Nc1c(F)cccc1C(=O)O)c1ccc(Cl)cn1. The third-order valence-corrected chi connectivity index (χ3v) is 2.67. The summed E-state index contributed by atoms with van der Waals surface area (Å²) >= 11 is 5.64. The molecule has 0 unspecified atom stereocenters. The van der Waals surface area contributed by atoms with E-state index >= 15 is 0 Å². The van der Waals surface area contributed by atoms with Crippen molar-refractivity contribution in [3.05, 3.63) is 58.6 Å². The molecule has 0 atom stereocenters. The number of rotatable bonds is 3. The summed E-state index contributed by atoms with van der Waals surface area (Å²) in [5.41, 5.74) is -0.747. The molecule has 0 fully saturated rings. The molecular weight excluding hydrogens is 287 g/mol. The van der Waals surface area contributed by atoms with Crippen molar-refractivity contribution in [2.24, 2.45) is 0 Å². The summed E-state index contributed by atoms with van der Waals surface area (Å²) < 4.78 is 13.6. The van der Waals surface area contributed by atoms with Gasteiger partial charge in [0, 0.05) is 6.20 Å². The third kappa shape index (κ3) is 2.92. The van der Waals surface area contributed by atoms with Crippen LogP contribution < -0.4 is 5.32 Å². The monoisotopic (exact) mass is 294 g/mol. The van der Waals surface area contributed by atoms with Crippen LogP contribution in [0, 0.1) is 5.82 Å². The van der Waals surface area contributed by atoms with Crippen molar-refractivity contribution < 1.29 is 19.1 Å². The van der Waals surface area contributed by atoms with Gasteiger partial charge in [-0.05, 0) is 24.3 Å². The number of nitrogens with one attached hydrogen (secondary N) is 1. The summed E-state index contributed by atoms with van der Waals surface area (Å²) in [6, 6.07) is 6.28. The molecule has 20 heavy (non-hydrogen) atoms. The number of carboxylic acids is 1. The van der Waals surface area contributed by atoms with Crippen LogP contribution >= 0.6 is 11.6 Å². The number of amides is 1. The van der Waals surface area contributed by atoms with E-state index in [2.05, 4.69) is 10.3 Å². The lowest BCUT2D eigenvalue weighted by atomic mass is 10.1. The Labute approximate surface area is 118 Å². The topological polar surface area (TPSA) is 79.3 Å². The van der Waals surface area contributed by atoms with Crippen LogP contribution in [0.5, 0.6) is 0 Å². The second kappa shape index (κ2) is 5.66. The number of pyridine rings is 1. The van der Waals surface area contributed by atoms with E-state index < -0.39 is 23.4 Å². The van der Waals surface area contributed by atoms with Crippen LogP contribution in [0.3, 0.4) is 0 Å². The standard InChI is InChI=1S/C13H8ClFN2O3/c14-7-4-5-10(16-6-7)12(18)17-11-8(13(19)20)2-1-3-9(11)15/h1-6H,(H,17,18)(H,19,20). The highest BCUT2D eigenvalue weighted by molar-refractivity contribution is 6.30. The van der Waals surface area contributed by atoms with E-state index in [4.69, 9.17) is 16.7 Å². The molecule has 1 aromatic heterocycles. The van der Waals surface area contributed by atoms with Crippen molar-refractivity contribution in [2.75, 3.05) is 5.32 Å². The smallest absolute Gasteiger partial charge is 0.337 e. The highest BCUT2D eigenvalue weighted by Crippen LogP contribution is 2.20. The van der Waals surface area contributed by atoms with Crippen LogP contribution in [0.4, 0.5) is 10.1 Å². The van der Waals surface area contributed by atoms with Gasteiger partial charge in [0.1, 0.15) is 11.5 Å². The van der Waals surface area contributed by atoms with E-state index in [0.717, 1.165) is 6.07 Å². The van der Waals surface area contributed by atoms with Gasteiger partial charge in [-0.15, -0.1) is 0 Å². The average molecular weight is 295 g/mol. The lowest BCUT2D eigenvalue weighted by Crippen LogP contribution is -2.17. The van der Waals surface area contributed by atoms with Gasteiger partial charge < -0.3 is 10.4 Å². The molecule has 2 rings (SSSR count). The molecule has 102 valence electrons. The normalized spacial score (nSPS) is 10.1. The molecule has 0 radical (unpaired) electrons. The van der Waals surface area contributed by atoms with Crippen molar-refractivity contribution in [1.29, 1.82) is 0 Å². The number of carbonyl (C=O) groups is 2. The lowest BCUT2D eigenvalue weighted by Gasteiger charge is -2.09. The Kier molecular flexibility index (Phi) is 3.95. The third-order valence-electron chi connectivity index (χ3n) is 2.44. The molecule has 1 amide bonds. The Bertz CT molecular complexity index is 674. The molecule has 0 spiro atoms. The summed E-state index contributed by atoms with van der Waals surface area (Å²) in [5.74, 6) is -2.91. The zero-order valence-corrected chi connectivity index (χ0v) is 10.7. The molecule has 0 saturated heterocycles. The second-order valence-corrected chi connectivity index (χ2v) is 4.22. The van der Waals surface area contributed by atoms with Crippen LogP contribution in [-0.4, -0.2) is 22.0 Å². The minimum atomic E-state index is -1.34. The Balaban J connectivity index is 2.32. The maximum absolute atomic E-state index is 13.6. The van der Waals surface area contributed by atoms with Crippen LogP contribution in [-0.2, 0) is 0 Å². The fourth-order valence-corrected chi connectivity index (χ4v) is 1.63. The molecule has 0 bridgehead atoms. The fourth-order valence-electron chi connectivity index (χ4n) is 1.52. The van der Waals surface area contributed by atoms with Gasteiger partial charge >= 0.3 is 5.97 Å². The van der Waals surface area contributed by atoms with Crippen LogP contribution in [0.15, 0.2) is 36.5 Å². The number of benzene rings is 1. The number of hydrogen-bond acceptors (Lipinski definition) is 3. The van der Waals surface area contributed by atoms with Gasteiger partial charge in [-0.3, -0.25) is 4.79 Å². The van der Waals surface area contributed by atoms with Crippen molar-refractivity contribution in [3.8, 4) is 0 Å². The van der Waals surface area contributed by atoms with E-state index in [0.29, 0.717) is 5.02 Å². The van der Waals surface area contributed by atoms with E-state index in [9.17, 15) is 14.0 Å². The van der Waals surface area contributed by atoms with Gasteiger partial charge in [0.2, 0.25) is 0 Å². The van der Waals surface area contributed by atoms with Crippen molar-refractivity contribution >= 4 is 29.2 Å². The number of para-hydroxylation sites is 1. The Morgan fingerprint density at radius 3 is 2.60 bits per heavy atom. The summed E-state index contributed by atoms with van der Waals surface area (Å²) in [6.45, 7) is 0. The summed E-state index contributed by atoms with van der Waals surface area (Å²) in [7, 11) is 0. The van der Waals surface area contributed by atoms with Crippen molar-refractivity contribution in [1.82, 2.24) is 4.98 Å². The van der Waals surface area contributed by atoms with E-state index in [1.807, 2.05) is 0 Å².